The molecule has 16 heavy (non-hydrogen) atoms. The van der Waals surface area contributed by atoms with Gasteiger partial charge in [-0.2, -0.15) is 0 Å². The molecule has 0 saturated heterocycles. The van der Waals surface area contributed by atoms with Crippen LogP contribution in [0.4, 0.5) is 0 Å². The Morgan fingerprint density at radius 1 is 1.44 bits per heavy atom. The first-order valence-corrected chi connectivity index (χ1v) is 5.48. The zero-order valence-corrected chi connectivity index (χ0v) is 9.11. The molecule has 0 fully saturated rings. The van der Waals surface area contributed by atoms with Crippen LogP contribution < -0.4 is 10.5 Å². The summed E-state index contributed by atoms with van der Waals surface area (Å²) in [6.45, 7) is 1.14. The lowest BCUT2D eigenvalue weighted by Gasteiger charge is -2.16. The smallest absolute Gasteiger partial charge is 0.170 e. The summed E-state index contributed by atoms with van der Waals surface area (Å²) >= 11 is 0. The molecule has 3 heteroatoms. The highest BCUT2D eigenvalue weighted by Crippen LogP contribution is 2.26. The van der Waals surface area contributed by atoms with Gasteiger partial charge < -0.3 is 10.5 Å². The Labute approximate surface area is 94.9 Å². The molecule has 1 aliphatic heterocycles. The molecule has 0 spiro atoms. The van der Waals surface area contributed by atoms with E-state index in [0.29, 0.717) is 30.9 Å². The monoisotopic (exact) mass is 217 g/mol. The second-order valence-electron chi connectivity index (χ2n) is 3.76. The van der Waals surface area contributed by atoms with E-state index < -0.39 is 0 Å². The first-order chi connectivity index (χ1) is 7.81. The van der Waals surface area contributed by atoms with Crippen molar-refractivity contribution in [2.24, 2.45) is 5.73 Å². The Kier molecular flexibility index (Phi) is 3.37. The minimum Gasteiger partial charge on any atom is -0.492 e. The standard InChI is InChI=1S/C13H15NO2/c14-7-2-1-3-10-4-5-13-11(9-10)12(15)6-8-16-13/h1,3-5,9H,2,6-8,14H2. The van der Waals surface area contributed by atoms with Crippen molar-refractivity contribution in [3.05, 3.63) is 35.4 Å². The van der Waals surface area contributed by atoms with Crippen molar-refractivity contribution < 1.29 is 9.53 Å². The maximum absolute atomic E-state index is 11.6. The van der Waals surface area contributed by atoms with Crippen LogP contribution >= 0.6 is 0 Å². The maximum Gasteiger partial charge on any atom is 0.170 e. The van der Waals surface area contributed by atoms with Crippen molar-refractivity contribution >= 4 is 11.9 Å². The summed E-state index contributed by atoms with van der Waals surface area (Å²) in [5.74, 6) is 0.863. The molecule has 3 nitrogen and oxygen atoms in total. The second-order valence-corrected chi connectivity index (χ2v) is 3.76. The molecule has 2 N–H and O–H groups in total. The van der Waals surface area contributed by atoms with E-state index in [0.717, 1.165) is 12.0 Å². The van der Waals surface area contributed by atoms with Gasteiger partial charge in [-0.15, -0.1) is 0 Å². The zero-order valence-electron chi connectivity index (χ0n) is 9.11. The molecule has 1 aromatic carbocycles. The van der Waals surface area contributed by atoms with Crippen molar-refractivity contribution in [1.82, 2.24) is 0 Å². The van der Waals surface area contributed by atoms with Crippen molar-refractivity contribution in [3.8, 4) is 5.75 Å². The van der Waals surface area contributed by atoms with Gasteiger partial charge in [0, 0.05) is 6.42 Å². The van der Waals surface area contributed by atoms with Gasteiger partial charge in [0.15, 0.2) is 5.78 Å². The van der Waals surface area contributed by atoms with E-state index in [4.69, 9.17) is 10.5 Å². The Morgan fingerprint density at radius 2 is 2.31 bits per heavy atom. The molecule has 0 unspecified atom stereocenters. The molecule has 2 rings (SSSR count). The number of Topliss-reactive ketones (excluding diaryl/α,β-unsaturated/α-hetero) is 1. The van der Waals surface area contributed by atoms with Crippen LogP contribution in [0, 0.1) is 0 Å². The first kappa shape index (κ1) is 10.9. The fourth-order valence-electron chi connectivity index (χ4n) is 1.70. The quantitative estimate of drug-likeness (QED) is 0.842. The SMILES string of the molecule is NCCC=Cc1ccc2c(c1)C(=O)CCO2. The number of carbonyl (C=O) groups excluding carboxylic acids is 1. The van der Waals surface area contributed by atoms with E-state index in [9.17, 15) is 4.79 Å². The maximum atomic E-state index is 11.6. The second kappa shape index (κ2) is 4.94. The van der Waals surface area contributed by atoms with E-state index in [2.05, 4.69) is 0 Å². The Hall–Kier alpha value is -1.61. The van der Waals surface area contributed by atoms with Gasteiger partial charge in [-0.05, 0) is 30.7 Å². The number of rotatable bonds is 3. The minimum atomic E-state index is 0.162. The Morgan fingerprint density at radius 3 is 3.12 bits per heavy atom. The van der Waals surface area contributed by atoms with E-state index in [1.165, 1.54) is 0 Å². The molecule has 1 aromatic rings. The van der Waals surface area contributed by atoms with E-state index in [1.807, 2.05) is 30.4 Å². The van der Waals surface area contributed by atoms with E-state index >= 15 is 0 Å². The molecular formula is C13H15NO2. The zero-order chi connectivity index (χ0) is 11.4. The number of benzene rings is 1. The molecule has 84 valence electrons. The molecule has 0 aliphatic carbocycles. The highest BCUT2D eigenvalue weighted by Gasteiger charge is 2.17. The average Bonchev–Trinajstić information content (AvgIpc) is 2.30. The summed E-state index contributed by atoms with van der Waals surface area (Å²) in [7, 11) is 0. The Balaban J connectivity index is 2.23. The lowest BCUT2D eigenvalue weighted by molar-refractivity contribution is 0.0933. The molecule has 0 amide bonds. The van der Waals surface area contributed by atoms with Crippen LogP contribution in [0.25, 0.3) is 6.08 Å². The summed E-state index contributed by atoms with van der Waals surface area (Å²) in [6.07, 6.45) is 5.31. The van der Waals surface area contributed by atoms with Crippen LogP contribution in [0.3, 0.4) is 0 Å². The van der Waals surface area contributed by atoms with Gasteiger partial charge in [0.2, 0.25) is 0 Å². The van der Waals surface area contributed by atoms with Crippen molar-refractivity contribution in [2.45, 2.75) is 12.8 Å². The topological polar surface area (TPSA) is 52.3 Å². The van der Waals surface area contributed by atoms with Gasteiger partial charge in [-0.1, -0.05) is 18.2 Å². The van der Waals surface area contributed by atoms with Crippen molar-refractivity contribution in [3.63, 3.8) is 0 Å². The lowest BCUT2D eigenvalue weighted by atomic mass is 10.0. The molecule has 0 radical (unpaired) electrons. The third-order valence-electron chi connectivity index (χ3n) is 2.53. The van der Waals surface area contributed by atoms with Gasteiger partial charge in [-0.25, -0.2) is 0 Å². The predicted molar refractivity (Wildman–Crippen MR) is 63.6 cm³/mol. The number of carbonyl (C=O) groups is 1. The third-order valence-corrected chi connectivity index (χ3v) is 2.53. The number of nitrogens with two attached hydrogens (primary N) is 1. The number of ether oxygens (including phenoxy) is 1. The molecule has 0 atom stereocenters. The van der Waals surface area contributed by atoms with Gasteiger partial charge in [0.1, 0.15) is 5.75 Å². The van der Waals surface area contributed by atoms with Crippen LogP contribution in [0.5, 0.6) is 5.75 Å². The predicted octanol–water partition coefficient (Wildman–Crippen LogP) is 2.01. The van der Waals surface area contributed by atoms with Crippen LogP contribution in [0.15, 0.2) is 24.3 Å². The number of ketones is 1. The molecule has 1 aliphatic rings. The number of hydrogen-bond acceptors (Lipinski definition) is 3. The molecule has 0 aromatic heterocycles. The number of hydrogen-bond donors (Lipinski definition) is 1. The average molecular weight is 217 g/mol. The van der Waals surface area contributed by atoms with Crippen molar-refractivity contribution in [2.75, 3.05) is 13.2 Å². The van der Waals surface area contributed by atoms with E-state index in [1.54, 1.807) is 0 Å². The van der Waals surface area contributed by atoms with Gasteiger partial charge in [0.05, 0.1) is 12.2 Å². The summed E-state index contributed by atoms with van der Waals surface area (Å²) in [5, 5.41) is 0. The highest BCUT2D eigenvalue weighted by molar-refractivity contribution is 6.00. The normalized spacial score (nSPS) is 14.9. The lowest BCUT2D eigenvalue weighted by Crippen LogP contribution is -2.15. The van der Waals surface area contributed by atoms with Crippen LogP contribution in [0.2, 0.25) is 0 Å². The Bertz CT molecular complexity index is 424. The van der Waals surface area contributed by atoms with Gasteiger partial charge in [0.25, 0.3) is 0 Å². The summed E-state index contributed by atoms with van der Waals surface area (Å²) < 4.78 is 5.41. The van der Waals surface area contributed by atoms with Crippen LogP contribution in [0.1, 0.15) is 28.8 Å². The fraction of sp³-hybridized carbons (Fsp3) is 0.308. The van der Waals surface area contributed by atoms with Gasteiger partial charge >= 0.3 is 0 Å². The highest BCUT2D eigenvalue weighted by atomic mass is 16.5. The van der Waals surface area contributed by atoms with Crippen molar-refractivity contribution in [1.29, 1.82) is 0 Å². The summed E-state index contributed by atoms with van der Waals surface area (Å²) in [6, 6.07) is 5.68. The number of fused-ring (bicyclic) bond motifs is 1. The molecule has 0 saturated carbocycles. The van der Waals surface area contributed by atoms with Crippen LogP contribution in [-0.2, 0) is 0 Å². The minimum absolute atomic E-state index is 0.162. The van der Waals surface area contributed by atoms with Crippen LogP contribution in [-0.4, -0.2) is 18.9 Å². The summed E-state index contributed by atoms with van der Waals surface area (Å²) in [5.41, 5.74) is 7.12. The summed E-state index contributed by atoms with van der Waals surface area (Å²) in [4.78, 5) is 11.6. The largest absolute Gasteiger partial charge is 0.492 e. The molecular weight excluding hydrogens is 202 g/mol. The van der Waals surface area contributed by atoms with E-state index in [-0.39, 0.29) is 5.78 Å². The fourth-order valence-corrected chi connectivity index (χ4v) is 1.70. The third kappa shape index (κ3) is 2.31. The molecule has 1 heterocycles. The molecule has 0 bridgehead atoms. The first-order valence-electron chi connectivity index (χ1n) is 5.48. The van der Waals surface area contributed by atoms with Gasteiger partial charge in [-0.3, -0.25) is 4.79 Å².